The van der Waals surface area contributed by atoms with Crippen LogP contribution in [0.2, 0.25) is 0 Å². The molecule has 6 heteroatoms. The molecule has 0 radical (unpaired) electrons. The zero-order valence-corrected chi connectivity index (χ0v) is 13.2. The summed E-state index contributed by atoms with van der Waals surface area (Å²) >= 11 is 0. The first-order valence-electron chi connectivity index (χ1n) is 7.54. The van der Waals surface area contributed by atoms with Crippen molar-refractivity contribution in [2.45, 2.75) is 31.2 Å². The summed E-state index contributed by atoms with van der Waals surface area (Å²) in [5, 5.41) is 0. The van der Waals surface area contributed by atoms with E-state index < -0.39 is 22.4 Å². The molecule has 1 amide bonds. The molecule has 0 aromatic heterocycles. The molecule has 0 spiro atoms. The molecule has 2 aliphatic rings. The van der Waals surface area contributed by atoms with E-state index in [1.807, 2.05) is 0 Å². The topological polar surface area (TPSA) is 37.4 Å². The van der Waals surface area contributed by atoms with Gasteiger partial charge >= 0.3 is 0 Å². The fraction of sp³-hybridized carbons (Fsp3) is 0.562. The summed E-state index contributed by atoms with van der Waals surface area (Å²) in [6, 6.07) is 3.51. The Hall–Kier alpha value is -1.30. The summed E-state index contributed by atoms with van der Waals surface area (Å²) in [6.45, 7) is 0. The number of benzene rings is 1. The van der Waals surface area contributed by atoms with Gasteiger partial charge in [0.05, 0.1) is 0 Å². The molecule has 2 unspecified atom stereocenters. The van der Waals surface area contributed by atoms with E-state index in [9.17, 15) is 17.8 Å². The highest BCUT2D eigenvalue weighted by atomic mass is 32.2. The molecule has 1 aliphatic carbocycles. The number of hydrogen-bond donors (Lipinski definition) is 0. The Morgan fingerprint density at radius 1 is 1.27 bits per heavy atom. The minimum absolute atomic E-state index is 0.00802. The van der Waals surface area contributed by atoms with Crippen molar-refractivity contribution in [1.29, 1.82) is 0 Å². The number of amides is 1. The maximum absolute atomic E-state index is 13.8. The van der Waals surface area contributed by atoms with E-state index in [0.29, 0.717) is 23.5 Å². The first-order valence-corrected chi connectivity index (χ1v) is 9.02. The van der Waals surface area contributed by atoms with Crippen LogP contribution in [0, 0.1) is 17.6 Å². The molecular weight excluding hydrogens is 308 g/mol. The number of carbonyl (C=O) groups excluding carboxylic acids is 1. The lowest BCUT2D eigenvalue weighted by atomic mass is 10.1. The highest BCUT2D eigenvalue weighted by molar-refractivity contribution is 7.85. The molecule has 1 aliphatic heterocycles. The Balaban J connectivity index is 1.65. The van der Waals surface area contributed by atoms with Crippen LogP contribution in [0.5, 0.6) is 0 Å². The second-order valence-electron chi connectivity index (χ2n) is 6.14. The van der Waals surface area contributed by atoms with Gasteiger partial charge < -0.3 is 4.90 Å². The number of hydrogen-bond acceptors (Lipinski definition) is 2. The van der Waals surface area contributed by atoms with E-state index in [1.165, 1.54) is 6.07 Å². The lowest BCUT2D eigenvalue weighted by Gasteiger charge is -2.31. The summed E-state index contributed by atoms with van der Waals surface area (Å²) in [5.74, 6) is -0.137. The van der Waals surface area contributed by atoms with Gasteiger partial charge in [0.2, 0.25) is 5.91 Å². The Bertz CT molecular complexity index is 612. The average Bonchev–Trinajstić information content (AvgIpc) is 3.29. The Labute approximate surface area is 131 Å². The normalized spacial score (nSPS) is 30.9. The van der Waals surface area contributed by atoms with E-state index in [4.69, 9.17) is 0 Å². The van der Waals surface area contributed by atoms with Gasteiger partial charge in [0.25, 0.3) is 0 Å². The van der Waals surface area contributed by atoms with Crippen molar-refractivity contribution in [1.82, 2.24) is 4.90 Å². The lowest BCUT2D eigenvalue weighted by Crippen LogP contribution is -2.42. The second kappa shape index (κ2) is 6.07. The molecule has 1 aromatic carbocycles. The van der Waals surface area contributed by atoms with Crippen LogP contribution in [0.1, 0.15) is 30.7 Å². The third-order valence-corrected chi connectivity index (χ3v) is 6.10. The van der Waals surface area contributed by atoms with Gasteiger partial charge in [-0.05, 0) is 48.9 Å². The second-order valence-corrected chi connectivity index (χ2v) is 7.84. The fourth-order valence-electron chi connectivity index (χ4n) is 3.22. The molecule has 2 fully saturated rings. The third-order valence-electron chi connectivity index (χ3n) is 4.72. The first kappa shape index (κ1) is 15.6. The number of carbonyl (C=O) groups is 1. The minimum atomic E-state index is -0.757. The van der Waals surface area contributed by atoms with Crippen LogP contribution >= 0.6 is 0 Å². The predicted octanol–water partition coefficient (Wildman–Crippen LogP) is 2.44. The van der Waals surface area contributed by atoms with Gasteiger partial charge in [-0.25, -0.2) is 8.78 Å². The van der Waals surface area contributed by atoms with E-state index >= 15 is 0 Å². The monoisotopic (exact) mass is 327 g/mol. The lowest BCUT2D eigenvalue weighted by molar-refractivity contribution is -0.133. The maximum atomic E-state index is 13.8. The van der Waals surface area contributed by atoms with E-state index in [1.54, 1.807) is 11.9 Å². The van der Waals surface area contributed by atoms with Crippen LogP contribution in [-0.2, 0) is 15.6 Å². The standard InChI is InChI=1S/C16H19F2NO2S/c1-19(11-4-6-22(21)7-5-11)16(20)14-9-12(14)13-8-10(17)2-3-15(13)18/h2-3,8,11-12,14H,4-7,9H2,1H3. The van der Waals surface area contributed by atoms with Gasteiger partial charge in [0, 0.05) is 41.3 Å². The number of nitrogens with zero attached hydrogens (tertiary/aromatic N) is 1. The molecule has 120 valence electrons. The van der Waals surface area contributed by atoms with Crippen molar-refractivity contribution in [3.63, 3.8) is 0 Å². The van der Waals surface area contributed by atoms with E-state index in [-0.39, 0.29) is 23.8 Å². The third kappa shape index (κ3) is 3.07. The van der Waals surface area contributed by atoms with Gasteiger partial charge in [0.15, 0.2) is 0 Å². The van der Waals surface area contributed by atoms with Gasteiger partial charge in [-0.15, -0.1) is 0 Å². The Morgan fingerprint density at radius 2 is 1.95 bits per heavy atom. The zero-order chi connectivity index (χ0) is 15.9. The first-order chi connectivity index (χ1) is 10.5. The zero-order valence-electron chi connectivity index (χ0n) is 12.4. The molecule has 0 N–H and O–H groups in total. The van der Waals surface area contributed by atoms with Crippen LogP contribution in [0.4, 0.5) is 8.78 Å². The van der Waals surface area contributed by atoms with Crippen LogP contribution in [0.25, 0.3) is 0 Å². The van der Waals surface area contributed by atoms with Crippen LogP contribution in [0.3, 0.4) is 0 Å². The summed E-state index contributed by atoms with van der Waals surface area (Å²) in [5.41, 5.74) is 0.302. The minimum Gasteiger partial charge on any atom is -0.342 e. The largest absolute Gasteiger partial charge is 0.342 e. The fourth-order valence-corrected chi connectivity index (χ4v) is 4.49. The average molecular weight is 327 g/mol. The van der Waals surface area contributed by atoms with Crippen molar-refractivity contribution < 1.29 is 17.8 Å². The van der Waals surface area contributed by atoms with E-state index in [0.717, 1.165) is 25.0 Å². The summed E-state index contributed by atoms with van der Waals surface area (Å²) in [6.07, 6.45) is 2.07. The van der Waals surface area contributed by atoms with Gasteiger partial charge in [-0.2, -0.15) is 0 Å². The van der Waals surface area contributed by atoms with Crippen LogP contribution in [0.15, 0.2) is 18.2 Å². The summed E-state index contributed by atoms with van der Waals surface area (Å²) in [7, 11) is 1.01. The van der Waals surface area contributed by atoms with E-state index in [2.05, 4.69) is 0 Å². The number of halogens is 2. The van der Waals surface area contributed by atoms with Crippen molar-refractivity contribution in [3.8, 4) is 0 Å². The van der Waals surface area contributed by atoms with Crippen LogP contribution in [-0.4, -0.2) is 39.6 Å². The molecule has 1 heterocycles. The van der Waals surface area contributed by atoms with Crippen molar-refractivity contribution >= 4 is 16.7 Å². The van der Waals surface area contributed by atoms with Crippen molar-refractivity contribution in [2.75, 3.05) is 18.6 Å². The molecule has 1 aromatic rings. The summed E-state index contributed by atoms with van der Waals surface area (Å²) < 4.78 is 38.4. The van der Waals surface area contributed by atoms with Crippen molar-refractivity contribution in [3.05, 3.63) is 35.4 Å². The highest BCUT2D eigenvalue weighted by Gasteiger charge is 2.47. The summed E-state index contributed by atoms with van der Waals surface area (Å²) in [4.78, 5) is 14.2. The Morgan fingerprint density at radius 3 is 2.64 bits per heavy atom. The highest BCUT2D eigenvalue weighted by Crippen LogP contribution is 2.49. The maximum Gasteiger partial charge on any atom is 0.226 e. The SMILES string of the molecule is CN(C(=O)C1CC1c1cc(F)ccc1F)C1CCS(=O)CC1. The van der Waals surface area contributed by atoms with Crippen LogP contribution < -0.4 is 0 Å². The Kier molecular flexibility index (Phi) is 4.30. The predicted molar refractivity (Wildman–Crippen MR) is 80.9 cm³/mol. The molecule has 2 atom stereocenters. The molecule has 1 saturated heterocycles. The smallest absolute Gasteiger partial charge is 0.226 e. The molecule has 3 nitrogen and oxygen atoms in total. The number of rotatable bonds is 3. The molecule has 0 bridgehead atoms. The molecule has 22 heavy (non-hydrogen) atoms. The molecular formula is C16H19F2NO2S. The van der Waals surface area contributed by atoms with Gasteiger partial charge in [-0.3, -0.25) is 9.00 Å². The quantitative estimate of drug-likeness (QED) is 0.855. The molecule has 1 saturated carbocycles. The van der Waals surface area contributed by atoms with Gasteiger partial charge in [-0.1, -0.05) is 0 Å². The van der Waals surface area contributed by atoms with Gasteiger partial charge in [0.1, 0.15) is 11.6 Å². The van der Waals surface area contributed by atoms with Crippen molar-refractivity contribution in [2.24, 2.45) is 5.92 Å². The molecule has 3 rings (SSSR count).